The molecule has 0 spiro atoms. The van der Waals surface area contributed by atoms with E-state index in [1.165, 1.54) is 0 Å². The molecule has 2 aliphatic heterocycles. The number of hydrogen-bond donors (Lipinski definition) is 2. The van der Waals surface area contributed by atoms with Crippen LogP contribution < -0.4 is 15.4 Å². The van der Waals surface area contributed by atoms with E-state index < -0.39 is 29.7 Å². The molecule has 0 aliphatic carbocycles. The highest BCUT2D eigenvalue weighted by atomic mass is 16.5. The molecule has 5 rings (SSSR count). The van der Waals surface area contributed by atoms with Crippen LogP contribution in [-0.4, -0.2) is 51.8 Å². The first-order valence-corrected chi connectivity index (χ1v) is 11.2. The normalized spacial score (nSPS) is 17.8. The maximum atomic E-state index is 12.7. The molecular weight excluding hydrogens is 466 g/mol. The Morgan fingerprint density at radius 3 is 2.61 bits per heavy atom. The van der Waals surface area contributed by atoms with Crippen molar-refractivity contribution >= 4 is 23.6 Å². The van der Waals surface area contributed by atoms with Gasteiger partial charge in [-0.1, -0.05) is 35.5 Å². The van der Waals surface area contributed by atoms with Crippen LogP contribution in [0.25, 0.3) is 22.5 Å². The minimum absolute atomic E-state index is 0.000781. The Morgan fingerprint density at radius 2 is 1.86 bits per heavy atom. The van der Waals surface area contributed by atoms with Gasteiger partial charge in [0.05, 0.1) is 13.7 Å². The molecule has 11 heteroatoms. The van der Waals surface area contributed by atoms with Gasteiger partial charge < -0.3 is 14.6 Å². The van der Waals surface area contributed by atoms with Crippen LogP contribution in [0, 0.1) is 0 Å². The second-order valence-electron chi connectivity index (χ2n) is 8.21. The topological polar surface area (TPSA) is 144 Å². The number of benzene rings is 2. The average Bonchev–Trinajstić information content (AvgIpc) is 3.47. The number of carbonyl (C=O) groups is 4. The van der Waals surface area contributed by atoms with Gasteiger partial charge in [-0.25, -0.2) is 0 Å². The molecule has 2 N–H and O–H groups in total. The fourth-order valence-electron chi connectivity index (χ4n) is 4.07. The Hall–Kier alpha value is -4.80. The Bertz CT molecular complexity index is 1390. The third-order valence-corrected chi connectivity index (χ3v) is 5.92. The quantitative estimate of drug-likeness (QED) is 0.475. The zero-order chi connectivity index (χ0) is 25.2. The molecule has 1 aromatic heterocycles. The van der Waals surface area contributed by atoms with Gasteiger partial charge in [-0.05, 0) is 35.7 Å². The van der Waals surface area contributed by atoms with Gasteiger partial charge in [-0.2, -0.15) is 4.98 Å². The molecule has 182 valence electrons. The molecule has 1 atom stereocenters. The van der Waals surface area contributed by atoms with Crippen molar-refractivity contribution in [2.75, 3.05) is 7.11 Å². The number of carbonyl (C=O) groups excluding carboxylic acids is 4. The molecule has 1 fully saturated rings. The Kier molecular flexibility index (Phi) is 6.03. The van der Waals surface area contributed by atoms with E-state index in [-0.39, 0.29) is 31.0 Å². The fraction of sp³-hybridized carbons (Fsp3) is 0.200. The summed E-state index contributed by atoms with van der Waals surface area (Å²) in [6.07, 6.45) is 1.26. The lowest BCUT2D eigenvalue weighted by molar-refractivity contribution is -0.149. The number of imide groups is 2. The van der Waals surface area contributed by atoms with Crippen molar-refractivity contribution < 1.29 is 28.4 Å². The van der Waals surface area contributed by atoms with Crippen LogP contribution in [0.15, 0.2) is 64.8 Å². The number of nitrogens with one attached hydrogen (secondary N) is 2. The van der Waals surface area contributed by atoms with E-state index in [0.717, 1.165) is 33.4 Å². The van der Waals surface area contributed by atoms with Gasteiger partial charge in [0.1, 0.15) is 17.5 Å². The number of rotatable bonds is 7. The van der Waals surface area contributed by atoms with E-state index in [1.807, 2.05) is 48.5 Å². The SMILES string of the molecule is COc1ccc(-c2cccc(-c3noc(CNC4=CC(=O)N(C5CCC(=O)NC5=O)C4=O)n3)c2)cc1. The summed E-state index contributed by atoms with van der Waals surface area (Å²) in [4.78, 5) is 53.8. The summed E-state index contributed by atoms with van der Waals surface area (Å²) < 4.78 is 10.5. The summed E-state index contributed by atoms with van der Waals surface area (Å²) in [5, 5.41) is 9.00. The Morgan fingerprint density at radius 1 is 1.08 bits per heavy atom. The molecule has 1 saturated heterocycles. The van der Waals surface area contributed by atoms with Gasteiger partial charge in [0.15, 0.2) is 0 Å². The number of methoxy groups -OCH3 is 1. The zero-order valence-corrected chi connectivity index (χ0v) is 19.2. The van der Waals surface area contributed by atoms with Gasteiger partial charge in [0, 0.05) is 18.1 Å². The highest BCUT2D eigenvalue weighted by Gasteiger charge is 2.42. The maximum Gasteiger partial charge on any atom is 0.277 e. The first kappa shape index (κ1) is 23.0. The molecule has 0 bridgehead atoms. The monoisotopic (exact) mass is 487 g/mol. The van der Waals surface area contributed by atoms with E-state index in [1.54, 1.807) is 7.11 Å². The van der Waals surface area contributed by atoms with Crippen molar-refractivity contribution in [3.05, 3.63) is 66.2 Å². The molecule has 2 aromatic carbocycles. The maximum absolute atomic E-state index is 12.7. The smallest absolute Gasteiger partial charge is 0.277 e. The van der Waals surface area contributed by atoms with Crippen LogP contribution in [0.1, 0.15) is 18.7 Å². The van der Waals surface area contributed by atoms with Crippen molar-refractivity contribution in [3.63, 3.8) is 0 Å². The molecule has 3 aromatic rings. The lowest BCUT2D eigenvalue weighted by Gasteiger charge is -2.28. The second kappa shape index (κ2) is 9.45. The second-order valence-corrected chi connectivity index (χ2v) is 8.21. The van der Waals surface area contributed by atoms with E-state index in [9.17, 15) is 19.2 Å². The summed E-state index contributed by atoms with van der Waals surface area (Å²) >= 11 is 0. The molecule has 0 saturated carbocycles. The van der Waals surface area contributed by atoms with E-state index in [0.29, 0.717) is 5.82 Å². The van der Waals surface area contributed by atoms with E-state index in [4.69, 9.17) is 9.26 Å². The van der Waals surface area contributed by atoms with Crippen molar-refractivity contribution in [2.45, 2.75) is 25.4 Å². The summed E-state index contributed by atoms with van der Waals surface area (Å²) in [6, 6.07) is 14.3. The minimum atomic E-state index is -1.02. The third kappa shape index (κ3) is 4.45. The number of aromatic nitrogens is 2. The van der Waals surface area contributed by atoms with Crippen LogP contribution in [0.2, 0.25) is 0 Å². The van der Waals surface area contributed by atoms with Crippen molar-refractivity contribution in [3.8, 4) is 28.3 Å². The number of nitrogens with zero attached hydrogens (tertiary/aromatic N) is 3. The van der Waals surface area contributed by atoms with Gasteiger partial charge >= 0.3 is 0 Å². The van der Waals surface area contributed by atoms with Crippen LogP contribution in [-0.2, 0) is 25.7 Å². The van der Waals surface area contributed by atoms with E-state index in [2.05, 4.69) is 20.8 Å². The van der Waals surface area contributed by atoms with Gasteiger partial charge in [-0.15, -0.1) is 0 Å². The fourth-order valence-corrected chi connectivity index (χ4v) is 4.07. The number of hydrogen-bond acceptors (Lipinski definition) is 9. The van der Waals surface area contributed by atoms with Gasteiger partial charge in [0.25, 0.3) is 11.8 Å². The first-order chi connectivity index (χ1) is 17.4. The highest BCUT2D eigenvalue weighted by Crippen LogP contribution is 2.27. The molecule has 11 nitrogen and oxygen atoms in total. The van der Waals surface area contributed by atoms with E-state index >= 15 is 0 Å². The predicted octanol–water partition coefficient (Wildman–Crippen LogP) is 1.56. The van der Waals surface area contributed by atoms with Crippen LogP contribution in [0.5, 0.6) is 5.75 Å². The first-order valence-electron chi connectivity index (χ1n) is 11.2. The van der Waals surface area contributed by atoms with Crippen LogP contribution >= 0.6 is 0 Å². The zero-order valence-electron chi connectivity index (χ0n) is 19.2. The summed E-state index contributed by atoms with van der Waals surface area (Å²) in [5.41, 5.74) is 2.72. The lowest BCUT2D eigenvalue weighted by atomic mass is 10.0. The molecule has 36 heavy (non-hydrogen) atoms. The van der Waals surface area contributed by atoms with Crippen molar-refractivity contribution in [1.82, 2.24) is 25.7 Å². The number of ether oxygens (including phenoxy) is 1. The predicted molar refractivity (Wildman–Crippen MR) is 125 cm³/mol. The van der Waals surface area contributed by atoms with Gasteiger partial charge in [0.2, 0.25) is 23.5 Å². The van der Waals surface area contributed by atoms with Crippen LogP contribution in [0.3, 0.4) is 0 Å². The van der Waals surface area contributed by atoms with Crippen molar-refractivity contribution in [1.29, 1.82) is 0 Å². The van der Waals surface area contributed by atoms with Gasteiger partial charge in [-0.3, -0.25) is 29.4 Å². The summed E-state index contributed by atoms with van der Waals surface area (Å²) in [5.74, 6) is -1.03. The lowest BCUT2D eigenvalue weighted by Crippen LogP contribution is -2.54. The molecule has 3 heterocycles. The molecule has 2 aliphatic rings. The summed E-state index contributed by atoms with van der Waals surface area (Å²) in [7, 11) is 1.61. The highest BCUT2D eigenvalue weighted by molar-refractivity contribution is 6.18. The number of amides is 4. The standard InChI is InChI=1S/C25H21N5O6/c1-35-17-7-5-14(6-8-17)15-3-2-4-16(11-15)23-28-21(36-29-23)13-26-18-12-22(32)30(25(18)34)19-9-10-20(31)27-24(19)33/h2-8,11-12,19,26H,9-10,13H2,1H3,(H,27,31,33). The molecule has 0 radical (unpaired) electrons. The number of piperidine rings is 1. The third-order valence-electron chi connectivity index (χ3n) is 5.92. The van der Waals surface area contributed by atoms with Crippen LogP contribution in [0.4, 0.5) is 0 Å². The Labute approximate surface area is 205 Å². The largest absolute Gasteiger partial charge is 0.497 e. The molecular formula is C25H21N5O6. The molecule has 1 unspecified atom stereocenters. The minimum Gasteiger partial charge on any atom is -0.497 e. The molecule has 4 amide bonds. The Balaban J connectivity index is 1.25. The van der Waals surface area contributed by atoms with Crippen molar-refractivity contribution in [2.24, 2.45) is 0 Å². The summed E-state index contributed by atoms with van der Waals surface area (Å²) in [6.45, 7) is -0.000781. The average molecular weight is 487 g/mol.